The van der Waals surface area contributed by atoms with Gasteiger partial charge in [-0.05, 0) is 57.7 Å². The largest absolute Gasteiger partial charge is 0.444 e. The van der Waals surface area contributed by atoms with Gasteiger partial charge in [0.05, 0.1) is 24.5 Å². The normalized spacial score (nSPS) is 18.2. The maximum Gasteiger partial charge on any atom is 0.418 e. The number of anilines is 2. The van der Waals surface area contributed by atoms with Crippen LogP contribution in [-0.2, 0) is 20.4 Å². The smallest absolute Gasteiger partial charge is 0.418 e. The van der Waals surface area contributed by atoms with Gasteiger partial charge in [-0.15, -0.1) is 0 Å². The average molecular weight is 472 g/mol. The predicted molar refractivity (Wildman–Crippen MR) is 118 cm³/mol. The molecule has 2 aliphatic heterocycles. The number of morpholine rings is 1. The minimum atomic E-state index is -4.59. The summed E-state index contributed by atoms with van der Waals surface area (Å²) in [6.07, 6.45) is -3.70. The Morgan fingerprint density at radius 3 is 2.30 bits per heavy atom. The predicted octanol–water partition coefficient (Wildman–Crippen LogP) is 4.52. The summed E-state index contributed by atoms with van der Waals surface area (Å²) in [5.74, 6) is -0.471. The maximum absolute atomic E-state index is 13.7. The zero-order valence-electron chi connectivity index (χ0n) is 19.3. The fraction of sp³-hybridized carbons (Fsp3) is 0.652. The zero-order valence-corrected chi connectivity index (χ0v) is 19.3. The topological polar surface area (TPSA) is 71.1 Å². The highest BCUT2D eigenvalue weighted by Crippen LogP contribution is 2.38. The summed E-state index contributed by atoms with van der Waals surface area (Å²) < 4.78 is 51.7. The van der Waals surface area contributed by atoms with Gasteiger partial charge < -0.3 is 24.6 Å². The van der Waals surface area contributed by atoms with Crippen molar-refractivity contribution >= 4 is 23.4 Å². The van der Waals surface area contributed by atoms with Gasteiger partial charge in [-0.3, -0.25) is 4.79 Å². The van der Waals surface area contributed by atoms with E-state index in [2.05, 4.69) is 5.32 Å². The molecule has 0 aromatic heterocycles. The van der Waals surface area contributed by atoms with Crippen molar-refractivity contribution < 1.29 is 32.2 Å². The Hall–Kier alpha value is -2.49. The highest BCUT2D eigenvalue weighted by atomic mass is 19.4. The quantitative estimate of drug-likeness (QED) is 0.699. The maximum atomic E-state index is 13.7. The van der Waals surface area contributed by atoms with Crippen LogP contribution in [0, 0.1) is 5.92 Å². The van der Waals surface area contributed by atoms with E-state index in [0.717, 1.165) is 6.07 Å². The first kappa shape index (κ1) is 25.1. The highest BCUT2D eigenvalue weighted by Gasteiger charge is 2.35. The monoisotopic (exact) mass is 471 g/mol. The Kier molecular flexibility index (Phi) is 7.76. The van der Waals surface area contributed by atoms with Crippen LogP contribution < -0.4 is 10.2 Å². The zero-order chi connectivity index (χ0) is 24.2. The molecular formula is C23H32F3N3O4. The molecule has 1 N–H and O–H groups in total. The molecule has 0 radical (unpaired) electrons. The molecule has 1 aromatic carbocycles. The van der Waals surface area contributed by atoms with Crippen LogP contribution in [0.1, 0.15) is 45.6 Å². The lowest BCUT2D eigenvalue weighted by Crippen LogP contribution is -2.42. The number of carbonyl (C=O) groups excluding carboxylic acids is 2. The van der Waals surface area contributed by atoms with Gasteiger partial charge in [0.1, 0.15) is 5.60 Å². The number of rotatable bonds is 4. The van der Waals surface area contributed by atoms with E-state index < -0.39 is 23.2 Å². The van der Waals surface area contributed by atoms with E-state index >= 15 is 0 Å². The number of likely N-dealkylation sites (tertiary alicyclic amines) is 1. The Labute approximate surface area is 192 Å². The van der Waals surface area contributed by atoms with Gasteiger partial charge in [0.15, 0.2) is 0 Å². The van der Waals surface area contributed by atoms with Crippen LogP contribution in [0.15, 0.2) is 18.2 Å². The second-order valence-electron chi connectivity index (χ2n) is 9.49. The molecule has 0 saturated carbocycles. The van der Waals surface area contributed by atoms with E-state index in [0.29, 0.717) is 57.9 Å². The molecule has 184 valence electrons. The Balaban J connectivity index is 1.58. The molecule has 0 aliphatic carbocycles. The number of nitrogens with zero attached hydrogens (tertiary/aromatic N) is 2. The molecule has 7 nitrogen and oxygen atoms in total. The van der Waals surface area contributed by atoms with E-state index in [1.165, 1.54) is 6.07 Å². The summed E-state index contributed by atoms with van der Waals surface area (Å²) in [6.45, 7) is 8.26. The minimum Gasteiger partial charge on any atom is -0.444 e. The molecule has 2 aliphatic rings. The van der Waals surface area contributed by atoms with Crippen molar-refractivity contribution in [3.63, 3.8) is 0 Å². The average Bonchev–Trinajstić information content (AvgIpc) is 2.73. The molecule has 33 heavy (non-hydrogen) atoms. The first-order chi connectivity index (χ1) is 15.4. The van der Waals surface area contributed by atoms with Gasteiger partial charge in [0.25, 0.3) is 0 Å². The van der Waals surface area contributed by atoms with Crippen LogP contribution in [0.3, 0.4) is 0 Å². The number of nitrogens with one attached hydrogen (secondary N) is 1. The Bertz CT molecular complexity index is 840. The van der Waals surface area contributed by atoms with E-state index in [9.17, 15) is 22.8 Å². The Morgan fingerprint density at radius 2 is 1.73 bits per heavy atom. The molecule has 2 fully saturated rings. The third-order valence-electron chi connectivity index (χ3n) is 5.70. The third kappa shape index (κ3) is 7.25. The number of carbonyl (C=O) groups is 2. The van der Waals surface area contributed by atoms with Crippen LogP contribution in [0.25, 0.3) is 0 Å². The summed E-state index contributed by atoms with van der Waals surface area (Å²) in [5.41, 5.74) is -1.23. The number of hydrogen-bond donors (Lipinski definition) is 1. The molecule has 2 heterocycles. The van der Waals surface area contributed by atoms with E-state index in [1.54, 1.807) is 31.7 Å². The van der Waals surface area contributed by atoms with E-state index in [-0.39, 0.29) is 24.1 Å². The van der Waals surface area contributed by atoms with Crippen molar-refractivity contribution in [2.75, 3.05) is 49.6 Å². The van der Waals surface area contributed by atoms with Crippen molar-refractivity contribution in [2.45, 2.75) is 51.8 Å². The van der Waals surface area contributed by atoms with Crippen molar-refractivity contribution in [1.82, 2.24) is 4.90 Å². The van der Waals surface area contributed by atoms with Crippen molar-refractivity contribution in [1.29, 1.82) is 0 Å². The molecule has 0 unspecified atom stereocenters. The van der Waals surface area contributed by atoms with E-state index in [1.807, 2.05) is 4.90 Å². The molecular weight excluding hydrogens is 439 g/mol. The van der Waals surface area contributed by atoms with Crippen LogP contribution in [0.2, 0.25) is 0 Å². The standard InChI is InChI=1S/C23H32F3N3O4/c1-22(2,3)33-21(31)29-8-6-16(7-9-29)14-20(30)27-19-5-4-17(15-18(19)23(24,25)26)28-10-12-32-13-11-28/h4-5,15-16H,6-14H2,1-3H3,(H,27,30). The van der Waals surface area contributed by atoms with Gasteiger partial charge in [0, 0.05) is 38.3 Å². The number of alkyl halides is 3. The SMILES string of the molecule is CC(C)(C)OC(=O)N1CCC(CC(=O)Nc2ccc(N3CCOCC3)cc2C(F)(F)F)CC1. The molecule has 0 spiro atoms. The number of ether oxygens (including phenoxy) is 2. The summed E-state index contributed by atoms with van der Waals surface area (Å²) in [7, 11) is 0. The van der Waals surface area contributed by atoms with Gasteiger partial charge in [-0.2, -0.15) is 13.2 Å². The van der Waals surface area contributed by atoms with Gasteiger partial charge in [-0.1, -0.05) is 0 Å². The number of halogens is 3. The molecule has 2 saturated heterocycles. The van der Waals surface area contributed by atoms with E-state index in [4.69, 9.17) is 9.47 Å². The lowest BCUT2D eigenvalue weighted by Gasteiger charge is -2.33. The van der Waals surface area contributed by atoms with Crippen LogP contribution >= 0.6 is 0 Å². The molecule has 1 aromatic rings. The second-order valence-corrected chi connectivity index (χ2v) is 9.49. The summed E-state index contributed by atoms with van der Waals surface area (Å²) in [5, 5.41) is 2.45. The van der Waals surface area contributed by atoms with Gasteiger partial charge in [-0.25, -0.2) is 4.79 Å². The Morgan fingerprint density at radius 1 is 1.09 bits per heavy atom. The van der Waals surface area contributed by atoms with Crippen LogP contribution in [0.4, 0.5) is 29.3 Å². The lowest BCUT2D eigenvalue weighted by atomic mass is 9.93. The van der Waals surface area contributed by atoms with Gasteiger partial charge >= 0.3 is 12.3 Å². The third-order valence-corrected chi connectivity index (χ3v) is 5.70. The fourth-order valence-corrected chi connectivity index (χ4v) is 4.00. The highest BCUT2D eigenvalue weighted by molar-refractivity contribution is 5.92. The first-order valence-corrected chi connectivity index (χ1v) is 11.2. The van der Waals surface area contributed by atoms with Crippen molar-refractivity contribution in [2.24, 2.45) is 5.92 Å². The van der Waals surface area contributed by atoms with Crippen molar-refractivity contribution in [3.05, 3.63) is 23.8 Å². The molecule has 2 amide bonds. The molecule has 10 heteroatoms. The molecule has 0 bridgehead atoms. The minimum absolute atomic E-state index is 0.00866. The van der Waals surface area contributed by atoms with Crippen LogP contribution in [0.5, 0.6) is 0 Å². The number of hydrogen-bond acceptors (Lipinski definition) is 5. The first-order valence-electron chi connectivity index (χ1n) is 11.2. The lowest BCUT2D eigenvalue weighted by molar-refractivity contribution is -0.137. The number of amides is 2. The molecule has 0 atom stereocenters. The molecule has 3 rings (SSSR count). The second kappa shape index (κ2) is 10.2. The summed E-state index contributed by atoms with van der Waals surface area (Å²) in [4.78, 5) is 28.1. The van der Waals surface area contributed by atoms with Gasteiger partial charge in [0.2, 0.25) is 5.91 Å². The number of benzene rings is 1. The fourth-order valence-electron chi connectivity index (χ4n) is 4.00. The van der Waals surface area contributed by atoms with Crippen LogP contribution in [-0.4, -0.2) is 61.9 Å². The van der Waals surface area contributed by atoms with Crippen molar-refractivity contribution in [3.8, 4) is 0 Å². The number of piperidine rings is 1. The summed E-state index contributed by atoms with van der Waals surface area (Å²) >= 11 is 0. The summed E-state index contributed by atoms with van der Waals surface area (Å²) in [6, 6.07) is 3.99.